The van der Waals surface area contributed by atoms with Crippen LogP contribution in [0.1, 0.15) is 35.2 Å². The van der Waals surface area contributed by atoms with Gasteiger partial charge in [0, 0.05) is 51.5 Å². The molecular weight excluding hydrogens is 514 g/mol. The van der Waals surface area contributed by atoms with E-state index >= 15 is 0 Å². The first-order chi connectivity index (χ1) is 20.1. The lowest BCUT2D eigenvalue weighted by Crippen LogP contribution is -2.48. The number of nitrogens with zero attached hydrogens (tertiary/aromatic N) is 3. The van der Waals surface area contributed by atoms with Crippen molar-refractivity contribution in [1.29, 1.82) is 0 Å². The van der Waals surface area contributed by atoms with Crippen LogP contribution in [0, 0.1) is 6.92 Å². The number of esters is 1. The van der Waals surface area contributed by atoms with E-state index in [9.17, 15) is 4.79 Å². The van der Waals surface area contributed by atoms with E-state index in [1.54, 1.807) is 6.92 Å². The van der Waals surface area contributed by atoms with Crippen molar-refractivity contribution >= 4 is 11.7 Å². The number of ether oxygens (including phenoxy) is 3. The van der Waals surface area contributed by atoms with Crippen LogP contribution in [0.5, 0.6) is 5.75 Å². The maximum absolute atomic E-state index is 11.4. The van der Waals surface area contributed by atoms with E-state index in [1.807, 2.05) is 0 Å². The summed E-state index contributed by atoms with van der Waals surface area (Å²) in [7, 11) is 0. The summed E-state index contributed by atoms with van der Waals surface area (Å²) in [5, 5.41) is 0. The number of hydrogen-bond acceptors (Lipinski definition) is 7. The molecule has 218 valence electrons. The van der Waals surface area contributed by atoms with Gasteiger partial charge in [-0.2, -0.15) is 0 Å². The molecule has 1 saturated heterocycles. The molecule has 1 fully saturated rings. The molecule has 1 atom stereocenters. The van der Waals surface area contributed by atoms with Gasteiger partial charge in [0.25, 0.3) is 0 Å². The Balaban J connectivity index is 1.11. The monoisotopic (exact) mass is 557 g/mol. The normalized spacial score (nSPS) is 17.7. The largest absolute Gasteiger partial charge is 0.492 e. The van der Waals surface area contributed by atoms with Crippen molar-refractivity contribution in [2.24, 2.45) is 0 Å². The molecule has 2 aliphatic heterocycles. The molecule has 1 unspecified atom stereocenters. The summed E-state index contributed by atoms with van der Waals surface area (Å²) in [5.74, 6) is 0.618. The van der Waals surface area contributed by atoms with Crippen LogP contribution in [0.3, 0.4) is 0 Å². The van der Waals surface area contributed by atoms with Crippen LogP contribution < -0.4 is 9.64 Å². The summed E-state index contributed by atoms with van der Waals surface area (Å²) >= 11 is 0. The van der Waals surface area contributed by atoms with E-state index in [4.69, 9.17) is 14.2 Å². The second-order valence-electron chi connectivity index (χ2n) is 10.8. The van der Waals surface area contributed by atoms with Gasteiger partial charge in [-0.15, -0.1) is 0 Å². The van der Waals surface area contributed by atoms with Crippen LogP contribution in [0.2, 0.25) is 0 Å². The first kappa shape index (κ1) is 29.1. The van der Waals surface area contributed by atoms with Crippen LogP contribution in [0.25, 0.3) is 0 Å². The molecule has 7 nitrogen and oxygen atoms in total. The van der Waals surface area contributed by atoms with Crippen LogP contribution in [-0.2, 0) is 20.7 Å². The highest BCUT2D eigenvalue weighted by Crippen LogP contribution is 2.39. The second kappa shape index (κ2) is 14.5. The minimum atomic E-state index is -0.296. The number of hydrogen-bond donors (Lipinski definition) is 0. The van der Waals surface area contributed by atoms with Crippen molar-refractivity contribution in [3.05, 3.63) is 95.1 Å². The lowest BCUT2D eigenvalue weighted by atomic mass is 9.87. The van der Waals surface area contributed by atoms with Crippen molar-refractivity contribution in [2.45, 2.75) is 26.3 Å². The van der Waals surface area contributed by atoms with E-state index in [0.29, 0.717) is 19.8 Å². The molecule has 0 bridgehead atoms. The van der Waals surface area contributed by atoms with Gasteiger partial charge >= 0.3 is 5.97 Å². The number of rotatable bonds is 12. The predicted octanol–water partition coefficient (Wildman–Crippen LogP) is 4.72. The second-order valence-corrected chi connectivity index (χ2v) is 10.8. The number of aryl methyl sites for hydroxylation is 1. The van der Waals surface area contributed by atoms with E-state index in [-0.39, 0.29) is 18.6 Å². The number of para-hydroxylation sites is 1. The van der Waals surface area contributed by atoms with Gasteiger partial charge in [0.2, 0.25) is 0 Å². The van der Waals surface area contributed by atoms with Gasteiger partial charge in [0.1, 0.15) is 19.0 Å². The van der Waals surface area contributed by atoms with Crippen molar-refractivity contribution in [3.63, 3.8) is 0 Å². The molecule has 0 amide bonds. The zero-order valence-electron chi connectivity index (χ0n) is 24.5. The minimum absolute atomic E-state index is 0.0328. The average Bonchev–Trinajstić information content (AvgIpc) is 3.00. The Hall–Kier alpha value is -3.39. The molecule has 7 heteroatoms. The van der Waals surface area contributed by atoms with E-state index in [0.717, 1.165) is 58.0 Å². The first-order valence-electron chi connectivity index (χ1n) is 14.9. The van der Waals surface area contributed by atoms with Gasteiger partial charge < -0.3 is 19.1 Å². The summed E-state index contributed by atoms with van der Waals surface area (Å²) in [6, 6.07) is 26.5. The highest BCUT2D eigenvalue weighted by molar-refractivity contribution is 5.70. The minimum Gasteiger partial charge on any atom is -0.492 e. The predicted molar refractivity (Wildman–Crippen MR) is 163 cm³/mol. The number of carbonyl (C=O) groups is 1. The third-order valence-electron chi connectivity index (χ3n) is 8.03. The van der Waals surface area contributed by atoms with Crippen molar-refractivity contribution in [1.82, 2.24) is 9.80 Å². The van der Waals surface area contributed by atoms with E-state index in [2.05, 4.69) is 94.4 Å². The summed E-state index contributed by atoms with van der Waals surface area (Å²) in [5.41, 5.74) is 6.71. The quantitative estimate of drug-likeness (QED) is 0.236. The maximum Gasteiger partial charge on any atom is 0.332 e. The molecule has 2 aliphatic rings. The number of carbonyl (C=O) groups excluding carboxylic acids is 1. The van der Waals surface area contributed by atoms with Crippen LogP contribution >= 0.6 is 0 Å². The number of benzene rings is 3. The van der Waals surface area contributed by atoms with Crippen LogP contribution in [0.15, 0.2) is 72.8 Å². The summed E-state index contributed by atoms with van der Waals surface area (Å²) in [6.45, 7) is 12.4. The Morgan fingerprint density at radius 3 is 2.27 bits per heavy atom. The van der Waals surface area contributed by atoms with Crippen molar-refractivity contribution < 1.29 is 19.0 Å². The standard InChI is InChI=1S/C34H43N3O4/c1-3-40-33(38)26-39-23-21-35-17-19-36(20-18-35)22-24-41-31-12-10-28(11-13-31)34-32-14-9-27(2)25-29(32)15-16-37(34)30-7-5-4-6-8-30/h4-14,25,34H,3,15-24,26H2,1-2H3. The van der Waals surface area contributed by atoms with Gasteiger partial charge in [-0.3, -0.25) is 9.80 Å². The highest BCUT2D eigenvalue weighted by atomic mass is 16.6. The SMILES string of the molecule is CCOC(=O)COCCN1CCN(CCOc2ccc(C3c4ccc(C)cc4CCN3c3ccccc3)cc2)CC1. The fourth-order valence-corrected chi connectivity index (χ4v) is 5.84. The summed E-state index contributed by atoms with van der Waals surface area (Å²) in [4.78, 5) is 18.7. The Morgan fingerprint density at radius 1 is 0.854 bits per heavy atom. The van der Waals surface area contributed by atoms with Gasteiger partial charge in [-0.1, -0.05) is 54.1 Å². The van der Waals surface area contributed by atoms with Crippen LogP contribution in [-0.4, -0.2) is 88.0 Å². The van der Waals surface area contributed by atoms with Crippen molar-refractivity contribution in [3.8, 4) is 5.75 Å². The molecule has 5 rings (SSSR count). The summed E-state index contributed by atoms with van der Waals surface area (Å²) in [6.07, 6.45) is 1.06. The van der Waals surface area contributed by atoms with Gasteiger partial charge in [0.05, 0.1) is 19.3 Å². The van der Waals surface area contributed by atoms with Crippen molar-refractivity contribution in [2.75, 3.05) is 77.1 Å². The molecular formula is C34H43N3O4. The summed E-state index contributed by atoms with van der Waals surface area (Å²) < 4.78 is 16.5. The Bertz CT molecular complexity index is 1240. The fraction of sp³-hybridized carbons (Fsp3) is 0.441. The molecule has 0 aromatic heterocycles. The molecule has 3 aromatic rings. The lowest BCUT2D eigenvalue weighted by Gasteiger charge is -2.39. The Morgan fingerprint density at radius 2 is 1.56 bits per heavy atom. The fourth-order valence-electron chi connectivity index (χ4n) is 5.84. The topological polar surface area (TPSA) is 54.5 Å². The van der Waals surface area contributed by atoms with Crippen LogP contribution in [0.4, 0.5) is 5.69 Å². The first-order valence-corrected chi connectivity index (χ1v) is 14.9. The molecule has 3 aromatic carbocycles. The van der Waals surface area contributed by atoms with Gasteiger partial charge in [-0.25, -0.2) is 4.79 Å². The zero-order valence-corrected chi connectivity index (χ0v) is 24.5. The maximum atomic E-state index is 11.4. The molecule has 0 saturated carbocycles. The van der Waals surface area contributed by atoms with Gasteiger partial charge in [-0.05, 0) is 61.2 Å². The zero-order chi connectivity index (χ0) is 28.4. The molecule has 41 heavy (non-hydrogen) atoms. The smallest absolute Gasteiger partial charge is 0.332 e. The third kappa shape index (κ3) is 7.88. The highest BCUT2D eigenvalue weighted by Gasteiger charge is 2.29. The number of anilines is 1. The number of piperazine rings is 1. The number of fused-ring (bicyclic) bond motifs is 1. The average molecular weight is 558 g/mol. The molecule has 0 aliphatic carbocycles. The molecule has 0 radical (unpaired) electrons. The van der Waals surface area contributed by atoms with E-state index < -0.39 is 0 Å². The third-order valence-corrected chi connectivity index (χ3v) is 8.03. The molecule has 2 heterocycles. The Kier molecular flexibility index (Phi) is 10.3. The molecule has 0 N–H and O–H groups in total. The molecule has 0 spiro atoms. The Labute approximate surface area is 244 Å². The van der Waals surface area contributed by atoms with Gasteiger partial charge in [0.15, 0.2) is 0 Å². The lowest BCUT2D eigenvalue weighted by molar-refractivity contribution is -0.148. The van der Waals surface area contributed by atoms with E-state index in [1.165, 1.54) is 27.9 Å².